The Morgan fingerprint density at radius 2 is 1.84 bits per heavy atom. The maximum Gasteiger partial charge on any atom is 0.256 e. The van der Waals surface area contributed by atoms with Gasteiger partial charge < -0.3 is 10.2 Å². The first-order chi connectivity index (χ1) is 15.5. The van der Waals surface area contributed by atoms with Gasteiger partial charge in [-0.2, -0.15) is 0 Å². The minimum absolute atomic E-state index is 0.0491. The molecule has 0 spiro atoms. The molecule has 0 unspecified atom stereocenters. The largest absolute Gasteiger partial charge is 0.314 e. The fraction of sp³-hybridized carbons (Fsp3) is 0.125. The summed E-state index contributed by atoms with van der Waals surface area (Å²) in [6.45, 7) is 3.79. The molecule has 2 aromatic heterocycles. The van der Waals surface area contributed by atoms with Crippen molar-refractivity contribution in [3.63, 3.8) is 0 Å². The number of carbonyl (C=O) groups is 1. The second kappa shape index (κ2) is 9.07. The van der Waals surface area contributed by atoms with Crippen molar-refractivity contribution < 1.29 is 4.79 Å². The van der Waals surface area contributed by atoms with Gasteiger partial charge in [-0.05, 0) is 44.2 Å². The van der Waals surface area contributed by atoms with Gasteiger partial charge in [-0.15, -0.1) is 11.3 Å². The highest BCUT2D eigenvalue weighted by atomic mass is 32.1. The Kier molecular flexibility index (Phi) is 6.04. The van der Waals surface area contributed by atoms with Crippen LogP contribution in [0.5, 0.6) is 0 Å². The molecule has 0 atom stereocenters. The molecule has 1 amide bonds. The third kappa shape index (κ3) is 4.40. The number of carbonyl (C=O) groups excluding carboxylic acids is 1. The molecule has 0 aliphatic rings. The molecule has 7 nitrogen and oxygen atoms in total. The number of fused-ring (bicyclic) bond motifs is 1. The SMILES string of the molecule is CC(C)N(C=N)C(=N)c1cccc(NC(=O)c2ccc3nc(-c4ccccc4)sc3c2)n1. The van der Waals surface area contributed by atoms with E-state index in [9.17, 15) is 4.79 Å². The second-order valence-corrected chi connectivity index (χ2v) is 8.44. The van der Waals surface area contributed by atoms with Crippen molar-refractivity contribution in [1.82, 2.24) is 14.9 Å². The molecular formula is C24H22N6OS. The molecule has 0 saturated heterocycles. The third-order valence-corrected chi connectivity index (χ3v) is 5.93. The smallest absolute Gasteiger partial charge is 0.256 e. The minimum Gasteiger partial charge on any atom is -0.314 e. The molecule has 4 aromatic rings. The molecule has 3 N–H and O–H groups in total. The van der Waals surface area contributed by atoms with Crippen LogP contribution in [0.1, 0.15) is 29.9 Å². The Bertz CT molecular complexity index is 1300. The third-order valence-electron chi connectivity index (χ3n) is 4.86. The van der Waals surface area contributed by atoms with Crippen LogP contribution in [0.3, 0.4) is 0 Å². The zero-order valence-corrected chi connectivity index (χ0v) is 18.5. The van der Waals surface area contributed by atoms with Gasteiger partial charge in [-0.1, -0.05) is 36.4 Å². The second-order valence-electron chi connectivity index (χ2n) is 7.41. The van der Waals surface area contributed by atoms with Gasteiger partial charge in [0.05, 0.1) is 16.6 Å². The summed E-state index contributed by atoms with van der Waals surface area (Å²) >= 11 is 1.54. The fourth-order valence-corrected chi connectivity index (χ4v) is 4.21. The van der Waals surface area contributed by atoms with E-state index in [-0.39, 0.29) is 17.8 Å². The number of amidine groups is 1. The van der Waals surface area contributed by atoms with Crippen LogP contribution in [0.4, 0.5) is 5.82 Å². The number of nitrogens with one attached hydrogen (secondary N) is 3. The molecule has 0 saturated carbocycles. The van der Waals surface area contributed by atoms with Gasteiger partial charge >= 0.3 is 0 Å². The minimum atomic E-state index is -0.287. The van der Waals surface area contributed by atoms with E-state index in [0.717, 1.165) is 27.1 Å². The predicted octanol–water partition coefficient (Wildman–Crippen LogP) is 5.25. The van der Waals surface area contributed by atoms with E-state index >= 15 is 0 Å². The van der Waals surface area contributed by atoms with Crippen molar-refractivity contribution in [2.75, 3.05) is 5.32 Å². The lowest BCUT2D eigenvalue weighted by Gasteiger charge is -2.23. The maximum absolute atomic E-state index is 12.8. The highest BCUT2D eigenvalue weighted by Crippen LogP contribution is 2.30. The lowest BCUT2D eigenvalue weighted by atomic mass is 10.2. The standard InChI is InChI=1S/C24H22N6OS/c1-15(2)30(14-25)22(26)19-9-6-10-21(27-19)29-23(31)17-11-12-18-20(13-17)32-24(28-18)16-7-4-3-5-8-16/h3-15,25-26H,1-2H3,(H,27,29,31). The first-order valence-electron chi connectivity index (χ1n) is 10.1. The van der Waals surface area contributed by atoms with Crippen molar-refractivity contribution in [3.8, 4) is 10.6 Å². The summed E-state index contributed by atoms with van der Waals surface area (Å²) in [5.41, 5.74) is 2.78. The van der Waals surface area contributed by atoms with Crippen LogP contribution < -0.4 is 5.32 Å². The van der Waals surface area contributed by atoms with Gasteiger partial charge in [0.1, 0.15) is 16.5 Å². The molecule has 0 radical (unpaired) electrons. The molecule has 2 aromatic carbocycles. The quantitative estimate of drug-likeness (QED) is 0.280. The average Bonchev–Trinajstić information content (AvgIpc) is 3.23. The normalized spacial score (nSPS) is 10.8. The molecule has 160 valence electrons. The lowest BCUT2D eigenvalue weighted by Crippen LogP contribution is -2.36. The first-order valence-corrected chi connectivity index (χ1v) is 10.9. The summed E-state index contributed by atoms with van der Waals surface area (Å²) in [5.74, 6) is 0.163. The van der Waals surface area contributed by atoms with Crippen LogP contribution in [0, 0.1) is 10.8 Å². The van der Waals surface area contributed by atoms with E-state index < -0.39 is 0 Å². The average molecular weight is 443 g/mol. The number of thiazole rings is 1. The van der Waals surface area contributed by atoms with Crippen molar-refractivity contribution >= 4 is 45.5 Å². The maximum atomic E-state index is 12.8. The lowest BCUT2D eigenvalue weighted by molar-refractivity contribution is 0.102. The molecule has 4 rings (SSSR count). The number of hydrogen-bond donors (Lipinski definition) is 3. The topological polar surface area (TPSA) is 106 Å². The van der Waals surface area contributed by atoms with Crippen molar-refractivity contribution in [2.24, 2.45) is 0 Å². The number of benzene rings is 2. The number of hydrogen-bond acceptors (Lipinski definition) is 6. The zero-order valence-electron chi connectivity index (χ0n) is 17.7. The Morgan fingerprint density at radius 1 is 1.06 bits per heavy atom. The van der Waals surface area contributed by atoms with Crippen LogP contribution in [0.15, 0.2) is 66.7 Å². The molecule has 0 aliphatic carbocycles. The van der Waals surface area contributed by atoms with Crippen LogP contribution in [0.2, 0.25) is 0 Å². The van der Waals surface area contributed by atoms with Gasteiger partial charge in [-0.3, -0.25) is 15.6 Å². The van der Waals surface area contributed by atoms with Gasteiger partial charge in [0.15, 0.2) is 5.84 Å². The summed E-state index contributed by atoms with van der Waals surface area (Å²) < 4.78 is 0.929. The van der Waals surface area contributed by atoms with Crippen molar-refractivity contribution in [1.29, 1.82) is 10.8 Å². The monoisotopic (exact) mass is 442 g/mol. The summed E-state index contributed by atoms with van der Waals surface area (Å²) in [6.07, 6.45) is 1.11. The summed E-state index contributed by atoms with van der Waals surface area (Å²) in [7, 11) is 0. The highest BCUT2D eigenvalue weighted by molar-refractivity contribution is 7.21. The molecule has 0 fully saturated rings. The van der Waals surface area contributed by atoms with E-state index in [2.05, 4.69) is 15.3 Å². The highest BCUT2D eigenvalue weighted by Gasteiger charge is 2.16. The van der Waals surface area contributed by atoms with Gasteiger partial charge in [0.25, 0.3) is 5.91 Å². The van der Waals surface area contributed by atoms with Crippen molar-refractivity contribution in [3.05, 3.63) is 78.0 Å². The van der Waals surface area contributed by atoms with E-state index in [1.165, 1.54) is 4.90 Å². The number of nitrogens with zero attached hydrogens (tertiary/aromatic N) is 3. The molecular weight excluding hydrogens is 420 g/mol. The number of anilines is 1. The Hall–Kier alpha value is -3.91. The molecule has 8 heteroatoms. The van der Waals surface area contributed by atoms with Gasteiger partial charge in [0.2, 0.25) is 0 Å². The summed E-state index contributed by atoms with van der Waals surface area (Å²) in [6, 6.07) is 20.4. The first kappa shape index (κ1) is 21.3. The van der Waals surface area contributed by atoms with E-state index in [1.807, 2.05) is 56.3 Å². The number of pyridine rings is 1. The van der Waals surface area contributed by atoms with Crippen LogP contribution in [-0.4, -0.2) is 39.0 Å². The molecule has 0 bridgehead atoms. The Balaban J connectivity index is 1.55. The van der Waals surface area contributed by atoms with Gasteiger partial charge in [-0.25, -0.2) is 9.97 Å². The van der Waals surface area contributed by atoms with E-state index in [0.29, 0.717) is 17.1 Å². The summed E-state index contributed by atoms with van der Waals surface area (Å²) in [5, 5.41) is 19.6. The van der Waals surface area contributed by atoms with Crippen LogP contribution in [0.25, 0.3) is 20.8 Å². The zero-order chi connectivity index (χ0) is 22.7. The van der Waals surface area contributed by atoms with Crippen LogP contribution in [-0.2, 0) is 0 Å². The Labute approximate surface area is 189 Å². The van der Waals surface area contributed by atoms with Gasteiger partial charge in [0, 0.05) is 17.2 Å². The fourth-order valence-electron chi connectivity index (χ4n) is 3.20. The molecule has 0 aliphatic heterocycles. The summed E-state index contributed by atoms with van der Waals surface area (Å²) in [4.78, 5) is 23.4. The number of rotatable bonds is 6. The predicted molar refractivity (Wildman–Crippen MR) is 130 cm³/mol. The Morgan fingerprint density at radius 3 is 2.56 bits per heavy atom. The number of amides is 1. The molecule has 32 heavy (non-hydrogen) atoms. The van der Waals surface area contributed by atoms with Crippen LogP contribution >= 0.6 is 11.3 Å². The number of aromatic nitrogens is 2. The van der Waals surface area contributed by atoms with Crippen molar-refractivity contribution in [2.45, 2.75) is 19.9 Å². The molecule has 2 heterocycles. The van der Waals surface area contributed by atoms with E-state index in [4.69, 9.17) is 10.8 Å². The van der Waals surface area contributed by atoms with E-state index in [1.54, 1.807) is 35.6 Å².